The number of benzene rings is 2. The highest BCUT2D eigenvalue weighted by molar-refractivity contribution is 6.30. The number of amides is 1. The predicted molar refractivity (Wildman–Crippen MR) is 121 cm³/mol. The van der Waals surface area contributed by atoms with Crippen LogP contribution in [0.2, 0.25) is 5.02 Å². The Balaban J connectivity index is 1.30. The minimum Gasteiger partial charge on any atom is -0.373 e. The number of carbonyl (C=O) groups is 1. The summed E-state index contributed by atoms with van der Waals surface area (Å²) in [5, 5.41) is 12.7. The maximum Gasteiger partial charge on any atom is 0.234 e. The molecule has 3 aromatic rings. The lowest BCUT2D eigenvalue weighted by Gasteiger charge is -2.26. The molecule has 1 amide bonds. The van der Waals surface area contributed by atoms with E-state index >= 15 is 4.39 Å². The number of rotatable bonds is 4. The zero-order chi connectivity index (χ0) is 22.8. The van der Waals surface area contributed by atoms with Crippen LogP contribution in [0.25, 0.3) is 11.1 Å². The van der Waals surface area contributed by atoms with Gasteiger partial charge >= 0.3 is 0 Å². The number of nitrogens with one attached hydrogen (secondary N) is 1. The first-order valence-electron chi connectivity index (χ1n) is 10.9. The number of nitrogens with zero attached hydrogens (tertiary/aromatic N) is 2. The lowest BCUT2D eigenvalue weighted by molar-refractivity contribution is -0.124. The van der Waals surface area contributed by atoms with E-state index in [2.05, 4.69) is 16.4 Å². The van der Waals surface area contributed by atoms with Crippen LogP contribution >= 0.6 is 11.6 Å². The second kappa shape index (κ2) is 7.11. The second-order valence-corrected chi connectivity index (χ2v) is 9.43. The molecule has 1 saturated carbocycles. The molecule has 2 saturated heterocycles. The first-order valence-corrected chi connectivity index (χ1v) is 11.2. The zero-order valence-corrected chi connectivity index (χ0v) is 18.3. The number of pyridine rings is 1. The van der Waals surface area contributed by atoms with Crippen LogP contribution in [0.1, 0.15) is 30.4 Å². The van der Waals surface area contributed by atoms with Gasteiger partial charge in [0.25, 0.3) is 0 Å². The van der Waals surface area contributed by atoms with E-state index < -0.39 is 11.2 Å². The predicted octanol–water partition coefficient (Wildman–Crippen LogP) is 5.24. The summed E-state index contributed by atoms with van der Waals surface area (Å²) in [5.74, 6) is -0.660. The van der Waals surface area contributed by atoms with Gasteiger partial charge in [-0.05, 0) is 67.3 Å². The van der Waals surface area contributed by atoms with Crippen LogP contribution in [-0.4, -0.2) is 23.1 Å². The van der Waals surface area contributed by atoms with Crippen molar-refractivity contribution in [3.8, 4) is 17.2 Å². The van der Waals surface area contributed by atoms with Crippen LogP contribution in [-0.2, 0) is 14.9 Å². The number of hydrogen-bond donors (Lipinski definition) is 1. The summed E-state index contributed by atoms with van der Waals surface area (Å²) in [6.07, 6.45) is 5.90. The van der Waals surface area contributed by atoms with Crippen LogP contribution < -0.4 is 5.32 Å². The summed E-state index contributed by atoms with van der Waals surface area (Å²) in [6, 6.07) is 15.3. The number of nitriles is 1. The largest absolute Gasteiger partial charge is 0.373 e. The van der Waals surface area contributed by atoms with E-state index in [1.807, 2.05) is 12.1 Å². The third-order valence-corrected chi connectivity index (χ3v) is 7.80. The quantitative estimate of drug-likeness (QED) is 0.579. The highest BCUT2D eigenvalue weighted by atomic mass is 35.5. The maximum absolute atomic E-state index is 15.1. The molecular formula is C26H19ClFN3O2. The first-order chi connectivity index (χ1) is 16.0. The maximum atomic E-state index is 15.1. The minimum absolute atomic E-state index is 0.0177. The lowest BCUT2D eigenvalue weighted by Crippen LogP contribution is -2.39. The molecule has 3 aliphatic rings. The molecule has 1 aromatic heterocycles. The average molecular weight is 460 g/mol. The van der Waals surface area contributed by atoms with E-state index in [1.54, 1.807) is 36.7 Å². The molecule has 164 valence electrons. The topological polar surface area (TPSA) is 75.0 Å². The van der Waals surface area contributed by atoms with Crippen molar-refractivity contribution in [2.45, 2.75) is 36.9 Å². The van der Waals surface area contributed by atoms with Gasteiger partial charge in [-0.15, -0.1) is 0 Å². The second-order valence-electron chi connectivity index (χ2n) is 9.00. The monoisotopic (exact) mass is 459 g/mol. The fraction of sp³-hybridized carbons (Fsp3) is 0.269. The highest BCUT2D eigenvalue weighted by Gasteiger charge is 2.85. The molecule has 4 unspecified atom stereocenters. The van der Waals surface area contributed by atoms with E-state index in [-0.39, 0.29) is 34.7 Å². The lowest BCUT2D eigenvalue weighted by atomic mass is 9.75. The summed E-state index contributed by atoms with van der Waals surface area (Å²) in [4.78, 5) is 17.7. The molecule has 3 heterocycles. The third-order valence-electron chi connectivity index (χ3n) is 7.57. The normalized spacial score (nSPS) is 28.8. The summed E-state index contributed by atoms with van der Waals surface area (Å²) in [7, 11) is 0. The fourth-order valence-corrected chi connectivity index (χ4v) is 6.25. The van der Waals surface area contributed by atoms with Crippen LogP contribution in [0.4, 0.5) is 10.1 Å². The molecule has 33 heavy (non-hydrogen) atoms. The number of aromatic nitrogens is 1. The van der Waals surface area contributed by atoms with Gasteiger partial charge in [0.2, 0.25) is 5.91 Å². The van der Waals surface area contributed by atoms with Crippen LogP contribution in [0.15, 0.2) is 60.9 Å². The van der Waals surface area contributed by atoms with Crippen molar-refractivity contribution in [3.63, 3.8) is 0 Å². The molecule has 6 rings (SSSR count). The highest BCUT2D eigenvalue weighted by Crippen LogP contribution is 2.77. The van der Waals surface area contributed by atoms with Crippen molar-refractivity contribution in [1.82, 2.24) is 4.98 Å². The Bertz CT molecular complexity index is 1340. The number of fused-ring (bicyclic) bond motifs is 5. The molecule has 7 heteroatoms. The van der Waals surface area contributed by atoms with Gasteiger partial charge in [0.1, 0.15) is 5.82 Å². The van der Waals surface area contributed by atoms with Crippen LogP contribution in [0.3, 0.4) is 0 Å². The molecule has 1 aliphatic carbocycles. The van der Waals surface area contributed by atoms with E-state index in [1.165, 1.54) is 12.1 Å². The van der Waals surface area contributed by atoms with Crippen molar-refractivity contribution < 1.29 is 13.9 Å². The molecule has 5 nitrogen and oxygen atoms in total. The Labute approximate surface area is 195 Å². The molecule has 4 atom stereocenters. The molecule has 1 N–H and O–H groups in total. The Kier molecular flexibility index (Phi) is 4.39. The van der Waals surface area contributed by atoms with Gasteiger partial charge < -0.3 is 10.1 Å². The third kappa shape index (κ3) is 2.73. The Morgan fingerprint density at radius 1 is 1.12 bits per heavy atom. The van der Waals surface area contributed by atoms with Crippen molar-refractivity contribution in [2.75, 3.05) is 5.32 Å². The van der Waals surface area contributed by atoms with Gasteiger partial charge in [0.05, 0.1) is 29.3 Å². The standard InChI is InChI=1S/C26H19ClFN3O2/c27-17-1-3-19(15(11-17)13-29)20-4-2-18(12-21(20)28)31-24(32)26-14-25(26,16-7-9-30-10-8-16)22-5-6-23(26)33-22/h1-4,7-12,22-23H,5-6,14H2,(H,31,32). The average Bonchev–Trinajstić information content (AvgIpc) is 3.23. The van der Waals surface area contributed by atoms with Gasteiger partial charge in [-0.2, -0.15) is 5.26 Å². The minimum atomic E-state index is -0.642. The number of ether oxygens (including phenoxy) is 1. The van der Waals surface area contributed by atoms with E-state index in [4.69, 9.17) is 16.3 Å². The molecule has 0 spiro atoms. The Morgan fingerprint density at radius 3 is 2.64 bits per heavy atom. The van der Waals surface area contributed by atoms with Crippen molar-refractivity contribution in [1.29, 1.82) is 5.26 Å². The van der Waals surface area contributed by atoms with Crippen molar-refractivity contribution in [2.24, 2.45) is 5.41 Å². The van der Waals surface area contributed by atoms with Crippen molar-refractivity contribution in [3.05, 3.63) is 82.9 Å². The van der Waals surface area contributed by atoms with Gasteiger partial charge in [-0.3, -0.25) is 9.78 Å². The summed E-state index contributed by atoms with van der Waals surface area (Å²) < 4.78 is 21.2. The summed E-state index contributed by atoms with van der Waals surface area (Å²) in [6.45, 7) is 0. The smallest absolute Gasteiger partial charge is 0.234 e. The summed E-state index contributed by atoms with van der Waals surface area (Å²) in [5.41, 5.74) is 1.49. The number of anilines is 1. The van der Waals surface area contributed by atoms with Gasteiger partial charge in [-0.25, -0.2) is 4.39 Å². The van der Waals surface area contributed by atoms with E-state index in [9.17, 15) is 10.1 Å². The van der Waals surface area contributed by atoms with Gasteiger partial charge in [0.15, 0.2) is 0 Å². The molecule has 2 aromatic carbocycles. The molecular weight excluding hydrogens is 441 g/mol. The van der Waals surface area contributed by atoms with E-state index in [0.717, 1.165) is 24.8 Å². The Morgan fingerprint density at radius 2 is 1.88 bits per heavy atom. The zero-order valence-electron chi connectivity index (χ0n) is 17.5. The fourth-order valence-electron chi connectivity index (χ4n) is 6.08. The number of carbonyl (C=O) groups excluding carboxylic acids is 1. The van der Waals surface area contributed by atoms with Gasteiger partial charge in [-0.1, -0.05) is 17.7 Å². The molecule has 0 radical (unpaired) electrons. The number of hydrogen-bond acceptors (Lipinski definition) is 4. The molecule has 2 bridgehead atoms. The van der Waals surface area contributed by atoms with E-state index in [0.29, 0.717) is 16.3 Å². The Hall–Kier alpha value is -3.27. The SMILES string of the molecule is N#Cc1cc(Cl)ccc1-c1ccc(NC(=O)C23CC2(c2ccncc2)C2CCC3O2)cc1F. The molecule has 2 aliphatic heterocycles. The number of halogens is 2. The molecule has 3 fully saturated rings. The van der Waals surface area contributed by atoms with Crippen molar-refractivity contribution >= 4 is 23.2 Å². The van der Waals surface area contributed by atoms with Crippen LogP contribution in [0.5, 0.6) is 0 Å². The van der Waals surface area contributed by atoms with Crippen LogP contribution in [0, 0.1) is 22.6 Å². The summed E-state index contributed by atoms with van der Waals surface area (Å²) >= 11 is 5.96. The first kappa shape index (κ1) is 20.3. The van der Waals surface area contributed by atoms with Gasteiger partial charge in [0, 0.05) is 39.6 Å².